The second-order valence-electron chi connectivity index (χ2n) is 3.62. The minimum Gasteiger partial charge on any atom is -0.493 e. The van der Waals surface area contributed by atoms with Crippen molar-refractivity contribution in [1.29, 1.82) is 0 Å². The minimum atomic E-state index is -0.127. The van der Waals surface area contributed by atoms with Gasteiger partial charge >= 0.3 is 0 Å². The van der Waals surface area contributed by atoms with Gasteiger partial charge < -0.3 is 19.1 Å². The van der Waals surface area contributed by atoms with Crippen LogP contribution in [0.4, 0.5) is 0 Å². The Morgan fingerprint density at radius 2 is 2.22 bits per heavy atom. The van der Waals surface area contributed by atoms with E-state index in [4.69, 9.17) is 14.0 Å². The average Bonchev–Trinajstić information content (AvgIpc) is 2.81. The first-order chi connectivity index (χ1) is 8.74. The van der Waals surface area contributed by atoms with Crippen LogP contribution in [-0.4, -0.2) is 22.4 Å². The summed E-state index contributed by atoms with van der Waals surface area (Å²) >= 11 is 0. The highest BCUT2D eigenvalue weighted by Crippen LogP contribution is 2.31. The van der Waals surface area contributed by atoms with Crippen LogP contribution in [0.15, 0.2) is 22.7 Å². The largest absolute Gasteiger partial charge is 0.493 e. The molecule has 0 bridgehead atoms. The van der Waals surface area contributed by atoms with Gasteiger partial charge in [-0.15, -0.1) is 0 Å². The molecule has 0 aliphatic carbocycles. The highest BCUT2D eigenvalue weighted by atomic mass is 16.5. The lowest BCUT2D eigenvalue weighted by Crippen LogP contribution is -2.02. The fourth-order valence-electron chi connectivity index (χ4n) is 1.55. The van der Waals surface area contributed by atoms with E-state index < -0.39 is 0 Å². The molecule has 0 saturated carbocycles. The van der Waals surface area contributed by atoms with Gasteiger partial charge in [0.2, 0.25) is 11.7 Å². The monoisotopic (exact) mass is 250 g/mol. The van der Waals surface area contributed by atoms with Crippen LogP contribution in [0.2, 0.25) is 0 Å². The summed E-state index contributed by atoms with van der Waals surface area (Å²) in [5.74, 6) is 1.98. The zero-order valence-electron chi connectivity index (χ0n) is 10.2. The van der Waals surface area contributed by atoms with Crippen LogP contribution in [0.3, 0.4) is 0 Å². The number of rotatable bonds is 5. The standard InChI is InChI=1S/C12H14N2O4/c1-8-13-11(14-18-8)7-17-12-9(6-15)4-3-5-10(12)16-2/h3-5,15H,6-7H2,1-2H3. The van der Waals surface area contributed by atoms with Gasteiger partial charge in [-0.3, -0.25) is 0 Å². The summed E-state index contributed by atoms with van der Waals surface area (Å²) in [6.07, 6.45) is 0. The Bertz CT molecular complexity index is 502. The van der Waals surface area contributed by atoms with Crippen molar-refractivity contribution in [2.24, 2.45) is 0 Å². The lowest BCUT2D eigenvalue weighted by molar-refractivity contribution is 0.243. The molecular weight excluding hydrogens is 236 g/mol. The lowest BCUT2D eigenvalue weighted by Gasteiger charge is -2.12. The van der Waals surface area contributed by atoms with E-state index in [9.17, 15) is 5.11 Å². The van der Waals surface area contributed by atoms with Gasteiger partial charge in [-0.1, -0.05) is 17.3 Å². The summed E-state index contributed by atoms with van der Waals surface area (Å²) < 4.78 is 15.6. The van der Waals surface area contributed by atoms with Crippen LogP contribution in [0.5, 0.6) is 11.5 Å². The number of aryl methyl sites for hydroxylation is 1. The topological polar surface area (TPSA) is 77.6 Å². The first-order valence-electron chi connectivity index (χ1n) is 5.43. The zero-order valence-corrected chi connectivity index (χ0v) is 10.2. The highest BCUT2D eigenvalue weighted by Gasteiger charge is 2.11. The normalized spacial score (nSPS) is 10.4. The van der Waals surface area contributed by atoms with Crippen LogP contribution in [0.1, 0.15) is 17.3 Å². The first-order valence-corrected chi connectivity index (χ1v) is 5.43. The molecule has 0 atom stereocenters. The second kappa shape index (κ2) is 5.50. The number of methoxy groups -OCH3 is 1. The van der Waals surface area contributed by atoms with E-state index in [1.807, 2.05) is 0 Å². The number of benzene rings is 1. The zero-order chi connectivity index (χ0) is 13.0. The number of hydrogen-bond donors (Lipinski definition) is 1. The number of nitrogens with zero attached hydrogens (tertiary/aromatic N) is 2. The van der Waals surface area contributed by atoms with Crippen LogP contribution in [0.25, 0.3) is 0 Å². The summed E-state index contributed by atoms with van der Waals surface area (Å²) in [6.45, 7) is 1.74. The minimum absolute atomic E-state index is 0.127. The summed E-state index contributed by atoms with van der Waals surface area (Å²) in [5, 5.41) is 13.0. The van der Waals surface area contributed by atoms with Crippen molar-refractivity contribution in [2.75, 3.05) is 7.11 Å². The van der Waals surface area contributed by atoms with Gasteiger partial charge in [-0.2, -0.15) is 4.98 Å². The van der Waals surface area contributed by atoms with Crippen molar-refractivity contribution in [2.45, 2.75) is 20.1 Å². The van der Waals surface area contributed by atoms with E-state index in [1.165, 1.54) is 0 Å². The van der Waals surface area contributed by atoms with E-state index in [0.29, 0.717) is 28.8 Å². The van der Waals surface area contributed by atoms with Crippen LogP contribution >= 0.6 is 0 Å². The maximum atomic E-state index is 9.25. The molecule has 6 heteroatoms. The molecule has 18 heavy (non-hydrogen) atoms. The smallest absolute Gasteiger partial charge is 0.223 e. The van der Waals surface area contributed by atoms with Crippen LogP contribution in [-0.2, 0) is 13.2 Å². The maximum Gasteiger partial charge on any atom is 0.223 e. The van der Waals surface area contributed by atoms with E-state index in [0.717, 1.165) is 0 Å². The number of aromatic nitrogens is 2. The molecule has 1 aromatic carbocycles. The van der Waals surface area contributed by atoms with Gasteiger partial charge in [-0.05, 0) is 6.07 Å². The van der Waals surface area contributed by atoms with E-state index in [1.54, 1.807) is 32.2 Å². The SMILES string of the molecule is COc1cccc(CO)c1OCc1noc(C)n1. The molecule has 1 heterocycles. The van der Waals surface area contributed by atoms with Gasteiger partial charge in [0, 0.05) is 12.5 Å². The number of hydrogen-bond acceptors (Lipinski definition) is 6. The van der Waals surface area contributed by atoms with Gasteiger partial charge in [0.05, 0.1) is 13.7 Å². The molecule has 0 spiro atoms. The molecule has 0 radical (unpaired) electrons. The summed E-state index contributed by atoms with van der Waals surface area (Å²) in [6, 6.07) is 5.31. The Morgan fingerprint density at radius 1 is 1.39 bits per heavy atom. The fourth-order valence-corrected chi connectivity index (χ4v) is 1.55. The first kappa shape index (κ1) is 12.4. The van der Waals surface area contributed by atoms with Crippen molar-refractivity contribution in [3.8, 4) is 11.5 Å². The number of para-hydroxylation sites is 1. The summed E-state index contributed by atoms with van der Waals surface area (Å²) in [5.41, 5.74) is 0.648. The van der Waals surface area contributed by atoms with Crippen molar-refractivity contribution in [3.63, 3.8) is 0 Å². The summed E-state index contributed by atoms with van der Waals surface area (Å²) in [7, 11) is 1.54. The van der Waals surface area contributed by atoms with Crippen molar-refractivity contribution >= 4 is 0 Å². The van der Waals surface area contributed by atoms with E-state index >= 15 is 0 Å². The Hall–Kier alpha value is -2.08. The lowest BCUT2D eigenvalue weighted by atomic mass is 10.2. The predicted molar refractivity (Wildman–Crippen MR) is 62.3 cm³/mol. The molecule has 0 amide bonds. The third-order valence-electron chi connectivity index (χ3n) is 2.37. The Balaban J connectivity index is 2.17. The van der Waals surface area contributed by atoms with E-state index in [-0.39, 0.29) is 13.2 Å². The van der Waals surface area contributed by atoms with Gasteiger partial charge in [0.15, 0.2) is 18.1 Å². The number of aliphatic hydroxyl groups is 1. The fraction of sp³-hybridized carbons (Fsp3) is 0.333. The molecule has 0 saturated heterocycles. The summed E-state index contributed by atoms with van der Waals surface area (Å²) in [4.78, 5) is 4.03. The second-order valence-corrected chi connectivity index (χ2v) is 3.62. The van der Waals surface area contributed by atoms with Crippen LogP contribution in [0, 0.1) is 6.92 Å². The average molecular weight is 250 g/mol. The van der Waals surface area contributed by atoms with Crippen molar-refractivity contribution < 1.29 is 19.1 Å². The molecule has 0 aliphatic rings. The Labute approximate surface area is 104 Å². The molecule has 1 N–H and O–H groups in total. The van der Waals surface area contributed by atoms with Crippen molar-refractivity contribution in [1.82, 2.24) is 10.1 Å². The van der Waals surface area contributed by atoms with Crippen molar-refractivity contribution in [3.05, 3.63) is 35.5 Å². The number of ether oxygens (including phenoxy) is 2. The van der Waals surface area contributed by atoms with Crippen LogP contribution < -0.4 is 9.47 Å². The number of aliphatic hydroxyl groups excluding tert-OH is 1. The molecule has 2 aromatic rings. The van der Waals surface area contributed by atoms with Gasteiger partial charge in [0.1, 0.15) is 0 Å². The quantitative estimate of drug-likeness (QED) is 0.865. The Morgan fingerprint density at radius 3 is 2.83 bits per heavy atom. The predicted octanol–water partition coefficient (Wildman–Crippen LogP) is 1.46. The van der Waals surface area contributed by atoms with Gasteiger partial charge in [-0.25, -0.2) is 0 Å². The van der Waals surface area contributed by atoms with E-state index in [2.05, 4.69) is 10.1 Å². The molecular formula is C12H14N2O4. The molecule has 0 aliphatic heterocycles. The third-order valence-corrected chi connectivity index (χ3v) is 2.37. The molecule has 0 unspecified atom stereocenters. The Kier molecular flexibility index (Phi) is 3.78. The molecule has 1 aromatic heterocycles. The molecule has 6 nitrogen and oxygen atoms in total. The third kappa shape index (κ3) is 2.60. The van der Waals surface area contributed by atoms with Gasteiger partial charge in [0.25, 0.3) is 0 Å². The highest BCUT2D eigenvalue weighted by molar-refractivity contribution is 5.46. The molecule has 2 rings (SSSR count). The molecule has 0 fully saturated rings. The maximum absolute atomic E-state index is 9.25. The molecule has 96 valence electrons.